The highest BCUT2D eigenvalue weighted by atomic mass is 19.1. The van der Waals surface area contributed by atoms with Gasteiger partial charge in [-0.15, -0.1) is 0 Å². The van der Waals surface area contributed by atoms with Crippen molar-refractivity contribution in [2.45, 2.75) is 13.0 Å². The van der Waals surface area contributed by atoms with Crippen LogP contribution < -0.4 is 10.1 Å². The number of hydrogen-bond acceptors (Lipinski definition) is 4. The first-order chi connectivity index (χ1) is 14.0. The maximum atomic E-state index is 12.9. The Bertz CT molecular complexity index is 974. The number of amides is 1. The summed E-state index contributed by atoms with van der Waals surface area (Å²) < 4.78 is 23.2. The Morgan fingerprint density at radius 2 is 1.59 bits per heavy atom. The molecule has 0 aromatic heterocycles. The van der Waals surface area contributed by atoms with Crippen LogP contribution in [0.5, 0.6) is 5.75 Å². The lowest BCUT2D eigenvalue weighted by molar-refractivity contribution is -0.155. The predicted molar refractivity (Wildman–Crippen MR) is 108 cm³/mol. The number of anilines is 1. The first kappa shape index (κ1) is 20.1. The highest BCUT2D eigenvalue weighted by Gasteiger charge is 2.19. The van der Waals surface area contributed by atoms with Gasteiger partial charge in [-0.1, -0.05) is 48.5 Å². The standard InChI is InChI=1S/C23H20FNO4/c1-16(29-22(26)15-28-19-13-11-18(24)12-14-19)23(27)25-21-10-6-5-9-20(21)17-7-3-2-4-8-17/h2-14,16H,15H2,1H3,(H,25,27)/t16-/m0/s1. The van der Waals surface area contributed by atoms with Crippen LogP contribution in [-0.4, -0.2) is 24.6 Å². The Hall–Kier alpha value is -3.67. The molecule has 29 heavy (non-hydrogen) atoms. The van der Waals surface area contributed by atoms with E-state index in [1.165, 1.54) is 31.2 Å². The number of rotatable bonds is 7. The fraction of sp³-hybridized carbons (Fsp3) is 0.130. The third-order valence-electron chi connectivity index (χ3n) is 4.12. The van der Waals surface area contributed by atoms with E-state index < -0.39 is 23.8 Å². The van der Waals surface area contributed by atoms with E-state index in [1.54, 1.807) is 6.07 Å². The molecule has 1 amide bonds. The molecule has 3 aromatic rings. The van der Waals surface area contributed by atoms with Crippen molar-refractivity contribution in [2.75, 3.05) is 11.9 Å². The van der Waals surface area contributed by atoms with E-state index in [2.05, 4.69) is 5.32 Å². The summed E-state index contributed by atoms with van der Waals surface area (Å²) in [7, 11) is 0. The third kappa shape index (κ3) is 5.65. The summed E-state index contributed by atoms with van der Waals surface area (Å²) >= 11 is 0. The van der Waals surface area contributed by atoms with Gasteiger partial charge in [-0.25, -0.2) is 9.18 Å². The lowest BCUT2D eigenvalue weighted by Crippen LogP contribution is -2.31. The van der Waals surface area contributed by atoms with Crippen LogP contribution in [-0.2, 0) is 14.3 Å². The van der Waals surface area contributed by atoms with Gasteiger partial charge in [-0.3, -0.25) is 4.79 Å². The van der Waals surface area contributed by atoms with Gasteiger partial charge in [0.25, 0.3) is 5.91 Å². The van der Waals surface area contributed by atoms with E-state index in [9.17, 15) is 14.0 Å². The minimum absolute atomic E-state index is 0.331. The number of carbonyl (C=O) groups is 2. The topological polar surface area (TPSA) is 64.6 Å². The second-order valence-electron chi connectivity index (χ2n) is 6.28. The normalized spacial score (nSPS) is 11.4. The Morgan fingerprint density at radius 3 is 2.31 bits per heavy atom. The van der Waals surface area contributed by atoms with Crippen LogP contribution in [0.4, 0.5) is 10.1 Å². The van der Waals surface area contributed by atoms with Gasteiger partial charge in [0.1, 0.15) is 11.6 Å². The lowest BCUT2D eigenvalue weighted by atomic mass is 10.0. The quantitative estimate of drug-likeness (QED) is 0.603. The van der Waals surface area contributed by atoms with E-state index in [0.29, 0.717) is 11.4 Å². The van der Waals surface area contributed by atoms with E-state index in [0.717, 1.165) is 11.1 Å². The van der Waals surface area contributed by atoms with Crippen molar-refractivity contribution < 1.29 is 23.5 Å². The van der Waals surface area contributed by atoms with Crippen LogP contribution in [0.1, 0.15) is 6.92 Å². The number of ether oxygens (including phenoxy) is 2. The largest absolute Gasteiger partial charge is 0.482 e. The van der Waals surface area contributed by atoms with Gasteiger partial charge in [0.15, 0.2) is 12.7 Å². The summed E-state index contributed by atoms with van der Waals surface area (Å²) in [6.07, 6.45) is -1.01. The molecule has 0 spiro atoms. The lowest BCUT2D eigenvalue weighted by Gasteiger charge is -2.16. The fourth-order valence-electron chi connectivity index (χ4n) is 2.65. The van der Waals surface area contributed by atoms with Gasteiger partial charge in [-0.05, 0) is 42.8 Å². The molecule has 0 aliphatic carbocycles. The predicted octanol–water partition coefficient (Wildman–Crippen LogP) is 4.44. The molecule has 3 aromatic carbocycles. The fourth-order valence-corrected chi connectivity index (χ4v) is 2.65. The highest BCUT2D eigenvalue weighted by Crippen LogP contribution is 2.27. The number of nitrogens with one attached hydrogen (secondary N) is 1. The molecule has 148 valence electrons. The number of carbonyl (C=O) groups excluding carboxylic acids is 2. The molecule has 3 rings (SSSR count). The van der Waals surface area contributed by atoms with Gasteiger partial charge < -0.3 is 14.8 Å². The van der Waals surface area contributed by atoms with Crippen molar-refractivity contribution in [3.63, 3.8) is 0 Å². The van der Waals surface area contributed by atoms with Crippen LogP contribution >= 0.6 is 0 Å². The molecular weight excluding hydrogens is 373 g/mol. The number of hydrogen-bond donors (Lipinski definition) is 1. The Morgan fingerprint density at radius 1 is 0.931 bits per heavy atom. The minimum atomic E-state index is -1.01. The molecule has 6 heteroatoms. The molecule has 0 aliphatic rings. The van der Waals surface area contributed by atoms with Crippen molar-refractivity contribution in [1.29, 1.82) is 0 Å². The Kier molecular flexibility index (Phi) is 6.58. The molecule has 5 nitrogen and oxygen atoms in total. The van der Waals surface area contributed by atoms with Gasteiger partial charge in [-0.2, -0.15) is 0 Å². The number of halogens is 1. The summed E-state index contributed by atoms with van der Waals surface area (Å²) in [5, 5.41) is 2.80. The van der Waals surface area contributed by atoms with E-state index >= 15 is 0 Å². The molecule has 0 fully saturated rings. The van der Waals surface area contributed by atoms with E-state index in [1.807, 2.05) is 48.5 Å². The molecule has 0 heterocycles. The number of benzene rings is 3. The summed E-state index contributed by atoms with van der Waals surface area (Å²) in [5.74, 6) is -1.23. The average molecular weight is 393 g/mol. The van der Waals surface area contributed by atoms with Crippen LogP contribution in [0.25, 0.3) is 11.1 Å². The zero-order valence-electron chi connectivity index (χ0n) is 15.8. The number of para-hydroxylation sites is 1. The number of esters is 1. The molecular formula is C23H20FNO4. The summed E-state index contributed by atoms with van der Waals surface area (Å²) in [6.45, 7) is 1.10. The first-order valence-electron chi connectivity index (χ1n) is 9.06. The highest BCUT2D eigenvalue weighted by molar-refractivity contribution is 5.98. The molecule has 0 aliphatic heterocycles. The molecule has 1 atom stereocenters. The SMILES string of the molecule is C[C@H](OC(=O)COc1ccc(F)cc1)C(=O)Nc1ccccc1-c1ccccc1. The van der Waals surface area contributed by atoms with Gasteiger partial charge in [0, 0.05) is 11.3 Å². The molecule has 0 saturated heterocycles. The maximum absolute atomic E-state index is 12.9. The monoisotopic (exact) mass is 393 g/mol. The maximum Gasteiger partial charge on any atom is 0.344 e. The van der Waals surface area contributed by atoms with Crippen LogP contribution in [0.2, 0.25) is 0 Å². The van der Waals surface area contributed by atoms with E-state index in [4.69, 9.17) is 9.47 Å². The van der Waals surface area contributed by atoms with Crippen molar-refractivity contribution in [2.24, 2.45) is 0 Å². The second-order valence-corrected chi connectivity index (χ2v) is 6.28. The smallest absolute Gasteiger partial charge is 0.344 e. The summed E-state index contributed by atoms with van der Waals surface area (Å²) in [4.78, 5) is 24.4. The van der Waals surface area contributed by atoms with Crippen molar-refractivity contribution in [3.8, 4) is 16.9 Å². The van der Waals surface area contributed by atoms with Crippen molar-refractivity contribution in [1.82, 2.24) is 0 Å². The molecule has 0 radical (unpaired) electrons. The van der Waals surface area contributed by atoms with Gasteiger partial charge in [0.05, 0.1) is 0 Å². The van der Waals surface area contributed by atoms with Crippen molar-refractivity contribution in [3.05, 3.63) is 84.7 Å². The zero-order valence-corrected chi connectivity index (χ0v) is 15.8. The molecule has 1 N–H and O–H groups in total. The van der Waals surface area contributed by atoms with Crippen LogP contribution in [0, 0.1) is 5.82 Å². The summed E-state index contributed by atoms with van der Waals surface area (Å²) in [5.41, 5.74) is 2.44. The second kappa shape index (κ2) is 9.50. The van der Waals surface area contributed by atoms with Crippen molar-refractivity contribution >= 4 is 17.6 Å². The Balaban J connectivity index is 1.57. The molecule has 0 unspecified atom stereocenters. The van der Waals surface area contributed by atoms with Crippen LogP contribution in [0.3, 0.4) is 0 Å². The van der Waals surface area contributed by atoms with Gasteiger partial charge >= 0.3 is 5.97 Å². The van der Waals surface area contributed by atoms with Gasteiger partial charge in [0.2, 0.25) is 0 Å². The minimum Gasteiger partial charge on any atom is -0.482 e. The van der Waals surface area contributed by atoms with E-state index in [-0.39, 0.29) is 6.61 Å². The summed E-state index contributed by atoms with van der Waals surface area (Å²) in [6, 6.07) is 22.3. The average Bonchev–Trinajstić information content (AvgIpc) is 2.74. The van der Waals surface area contributed by atoms with Crippen LogP contribution in [0.15, 0.2) is 78.9 Å². The third-order valence-corrected chi connectivity index (χ3v) is 4.12. The first-order valence-corrected chi connectivity index (χ1v) is 9.06. The molecule has 0 saturated carbocycles. The Labute approximate surface area is 168 Å². The molecule has 0 bridgehead atoms. The zero-order chi connectivity index (χ0) is 20.6.